The van der Waals surface area contributed by atoms with Crippen molar-refractivity contribution in [1.82, 2.24) is 14.5 Å². The van der Waals surface area contributed by atoms with E-state index in [1.807, 2.05) is 42.6 Å². The maximum atomic E-state index is 11.3. The number of para-hydroxylation sites is 3. The molecule has 1 N–H and O–H groups in total. The van der Waals surface area contributed by atoms with Crippen LogP contribution in [0.15, 0.2) is 199 Å². The third-order valence-electron chi connectivity index (χ3n) is 11.0. The lowest BCUT2D eigenvalue weighted by atomic mass is 9.94. The summed E-state index contributed by atoms with van der Waals surface area (Å²) in [6.45, 7) is 0. The highest BCUT2D eigenvalue weighted by Gasteiger charge is 2.23. The Hall–Kier alpha value is -7.76. The number of aromatic nitrogens is 3. The topological polar surface area (TPSA) is 64.1 Å². The average molecular weight is 732 g/mol. The third-order valence-corrected chi connectivity index (χ3v) is 11.0. The molecule has 0 amide bonds. The number of benzene rings is 8. The molecule has 0 aliphatic rings. The van der Waals surface area contributed by atoms with Gasteiger partial charge in [-0.3, -0.25) is 9.55 Å². The third kappa shape index (κ3) is 5.40. The van der Waals surface area contributed by atoms with Gasteiger partial charge in [-0.25, -0.2) is 4.98 Å². The molecule has 0 atom stereocenters. The molecular formula is C52H33N3O2. The van der Waals surface area contributed by atoms with Gasteiger partial charge in [0.05, 0.1) is 22.3 Å². The fraction of sp³-hybridized carbons (Fsp3) is 0. The maximum absolute atomic E-state index is 11.3. The molecule has 11 rings (SSSR count). The zero-order valence-electron chi connectivity index (χ0n) is 30.7. The number of aromatic hydroxyl groups is 1. The van der Waals surface area contributed by atoms with Crippen molar-refractivity contribution >= 4 is 43.7 Å². The number of rotatable bonds is 6. The molecule has 0 spiro atoms. The zero-order chi connectivity index (χ0) is 37.9. The molecule has 57 heavy (non-hydrogen) atoms. The van der Waals surface area contributed by atoms with Crippen LogP contribution in [0.1, 0.15) is 0 Å². The normalized spacial score (nSPS) is 11.6. The Kier molecular flexibility index (Phi) is 7.57. The van der Waals surface area contributed by atoms with Crippen LogP contribution in [0.2, 0.25) is 0 Å². The first-order valence-electron chi connectivity index (χ1n) is 19.0. The lowest BCUT2D eigenvalue weighted by Gasteiger charge is -2.15. The first kappa shape index (κ1) is 32.7. The second-order valence-electron chi connectivity index (χ2n) is 14.3. The van der Waals surface area contributed by atoms with Gasteiger partial charge in [-0.05, 0) is 82.2 Å². The summed E-state index contributed by atoms with van der Waals surface area (Å²) in [5, 5.41) is 15.6. The standard InChI is InChI=1S/C52H33N3O2/c56-47-25-12-10-21-44(47)52-54-49-40(22-13-24-46(49)55(52)45-23-11-9-19-39(45)34-16-5-2-6-17-34)37-30-36(33-14-3-1-4-15-33)31-38(32-37)48-51-43(28-29-53-48)42-27-26-35-18-7-8-20-41(35)50(42)57-51/h1-32,56H. The van der Waals surface area contributed by atoms with Gasteiger partial charge in [-0.2, -0.15) is 0 Å². The Balaban J connectivity index is 1.18. The number of hydrogen-bond donors (Lipinski definition) is 1. The molecule has 0 radical (unpaired) electrons. The molecule has 0 aliphatic heterocycles. The first-order valence-corrected chi connectivity index (χ1v) is 19.0. The lowest BCUT2D eigenvalue weighted by Crippen LogP contribution is -2.00. The fourth-order valence-corrected chi connectivity index (χ4v) is 8.30. The predicted molar refractivity (Wildman–Crippen MR) is 232 cm³/mol. The van der Waals surface area contributed by atoms with E-state index in [1.54, 1.807) is 6.07 Å². The van der Waals surface area contributed by atoms with Crippen LogP contribution in [0.4, 0.5) is 0 Å². The molecule has 268 valence electrons. The van der Waals surface area contributed by atoms with Crippen LogP contribution in [0.3, 0.4) is 0 Å². The molecule has 0 saturated carbocycles. The Labute approximate surface area is 328 Å². The van der Waals surface area contributed by atoms with E-state index in [2.05, 4.69) is 150 Å². The second kappa shape index (κ2) is 13.2. The Bertz CT molecular complexity index is 3310. The Morgan fingerprint density at radius 3 is 1.96 bits per heavy atom. The highest BCUT2D eigenvalue weighted by Crippen LogP contribution is 2.43. The first-order chi connectivity index (χ1) is 28.2. The van der Waals surface area contributed by atoms with Crippen LogP contribution in [0, 0.1) is 0 Å². The molecule has 0 fully saturated rings. The summed E-state index contributed by atoms with van der Waals surface area (Å²) in [4.78, 5) is 10.4. The van der Waals surface area contributed by atoms with E-state index in [-0.39, 0.29) is 5.75 Å². The molecule has 0 unspecified atom stereocenters. The number of phenolic OH excluding ortho intramolecular Hbond substituents is 1. The summed E-state index contributed by atoms with van der Waals surface area (Å²) in [5.41, 5.74) is 12.9. The van der Waals surface area contributed by atoms with Crippen molar-refractivity contribution in [2.24, 2.45) is 0 Å². The van der Waals surface area contributed by atoms with Crippen molar-refractivity contribution < 1.29 is 9.52 Å². The van der Waals surface area contributed by atoms with E-state index < -0.39 is 0 Å². The SMILES string of the molecule is Oc1ccccc1-c1nc2c(-c3cc(-c4ccccc4)cc(-c4nccc5c4oc4c6ccccc6ccc54)c3)cccc2n1-c1ccccc1-c1ccccc1. The molecule has 0 saturated heterocycles. The van der Waals surface area contributed by atoms with Crippen LogP contribution in [0.25, 0.3) is 105 Å². The number of furan rings is 1. The highest BCUT2D eigenvalue weighted by atomic mass is 16.3. The number of phenols is 1. The predicted octanol–water partition coefficient (Wildman–Crippen LogP) is 13.5. The molecular weight excluding hydrogens is 699 g/mol. The lowest BCUT2D eigenvalue weighted by molar-refractivity contribution is 0.477. The highest BCUT2D eigenvalue weighted by molar-refractivity contribution is 6.17. The number of nitrogens with zero attached hydrogens (tertiary/aromatic N) is 3. The molecule has 0 aliphatic carbocycles. The molecule has 5 nitrogen and oxygen atoms in total. The molecule has 0 bridgehead atoms. The van der Waals surface area contributed by atoms with E-state index in [1.165, 1.54) is 0 Å². The number of pyridine rings is 1. The fourth-order valence-electron chi connectivity index (χ4n) is 8.30. The van der Waals surface area contributed by atoms with Crippen molar-refractivity contribution in [2.75, 3.05) is 0 Å². The van der Waals surface area contributed by atoms with Crippen LogP contribution in [-0.4, -0.2) is 19.6 Å². The van der Waals surface area contributed by atoms with Gasteiger partial charge in [0.2, 0.25) is 0 Å². The van der Waals surface area contributed by atoms with Gasteiger partial charge in [0.1, 0.15) is 22.9 Å². The molecule has 8 aromatic carbocycles. The quantitative estimate of drug-likeness (QED) is 0.185. The largest absolute Gasteiger partial charge is 0.507 e. The van der Waals surface area contributed by atoms with E-state index in [0.29, 0.717) is 11.4 Å². The van der Waals surface area contributed by atoms with Crippen LogP contribution in [-0.2, 0) is 0 Å². The minimum absolute atomic E-state index is 0.166. The maximum Gasteiger partial charge on any atom is 0.161 e. The minimum atomic E-state index is 0.166. The molecule has 3 heterocycles. The smallest absolute Gasteiger partial charge is 0.161 e. The van der Waals surface area contributed by atoms with Crippen LogP contribution in [0.5, 0.6) is 5.75 Å². The molecule has 3 aromatic heterocycles. The van der Waals surface area contributed by atoms with Crippen molar-refractivity contribution in [1.29, 1.82) is 0 Å². The van der Waals surface area contributed by atoms with Gasteiger partial charge in [0, 0.05) is 39.0 Å². The van der Waals surface area contributed by atoms with Gasteiger partial charge in [-0.1, -0.05) is 133 Å². The summed E-state index contributed by atoms with van der Waals surface area (Å²) >= 11 is 0. The summed E-state index contributed by atoms with van der Waals surface area (Å²) in [6, 6.07) is 64.3. The Morgan fingerprint density at radius 2 is 1.12 bits per heavy atom. The summed E-state index contributed by atoms with van der Waals surface area (Å²) in [6.07, 6.45) is 1.88. The number of hydrogen-bond acceptors (Lipinski definition) is 4. The van der Waals surface area contributed by atoms with Crippen molar-refractivity contribution in [3.05, 3.63) is 194 Å². The van der Waals surface area contributed by atoms with E-state index in [0.717, 1.165) is 94.1 Å². The molecule has 5 heteroatoms. The summed E-state index contributed by atoms with van der Waals surface area (Å²) in [5.74, 6) is 0.818. The van der Waals surface area contributed by atoms with E-state index >= 15 is 0 Å². The monoisotopic (exact) mass is 731 g/mol. The van der Waals surface area contributed by atoms with E-state index in [4.69, 9.17) is 14.4 Å². The second-order valence-corrected chi connectivity index (χ2v) is 14.3. The van der Waals surface area contributed by atoms with Gasteiger partial charge < -0.3 is 9.52 Å². The van der Waals surface area contributed by atoms with Crippen LogP contribution >= 0.6 is 0 Å². The average Bonchev–Trinajstić information content (AvgIpc) is 3.86. The van der Waals surface area contributed by atoms with Crippen molar-refractivity contribution in [2.45, 2.75) is 0 Å². The van der Waals surface area contributed by atoms with Crippen LogP contribution < -0.4 is 0 Å². The van der Waals surface area contributed by atoms with Gasteiger partial charge in [0.25, 0.3) is 0 Å². The van der Waals surface area contributed by atoms with Gasteiger partial charge >= 0.3 is 0 Å². The zero-order valence-corrected chi connectivity index (χ0v) is 30.7. The summed E-state index contributed by atoms with van der Waals surface area (Å²) in [7, 11) is 0. The van der Waals surface area contributed by atoms with Gasteiger partial charge in [-0.15, -0.1) is 0 Å². The minimum Gasteiger partial charge on any atom is -0.507 e. The van der Waals surface area contributed by atoms with E-state index in [9.17, 15) is 5.11 Å². The number of imidazole rings is 1. The number of fused-ring (bicyclic) bond motifs is 6. The van der Waals surface area contributed by atoms with Crippen molar-refractivity contribution in [3.8, 4) is 67.5 Å². The Morgan fingerprint density at radius 1 is 0.456 bits per heavy atom. The van der Waals surface area contributed by atoms with Gasteiger partial charge in [0.15, 0.2) is 5.58 Å². The summed E-state index contributed by atoms with van der Waals surface area (Å²) < 4.78 is 8.97. The van der Waals surface area contributed by atoms with Crippen molar-refractivity contribution in [3.63, 3.8) is 0 Å². The molecule has 11 aromatic rings.